The van der Waals surface area contributed by atoms with Crippen LogP contribution in [0.5, 0.6) is 0 Å². The highest BCUT2D eigenvalue weighted by molar-refractivity contribution is 6.31. The molecule has 1 atom stereocenters. The minimum absolute atomic E-state index is 0.238. The van der Waals surface area contributed by atoms with Crippen molar-refractivity contribution in [2.75, 3.05) is 13.6 Å². The summed E-state index contributed by atoms with van der Waals surface area (Å²) in [4.78, 5) is 2.38. The predicted octanol–water partition coefficient (Wildman–Crippen LogP) is 3.05. The van der Waals surface area contributed by atoms with Crippen LogP contribution >= 0.6 is 11.6 Å². The molecule has 0 amide bonds. The van der Waals surface area contributed by atoms with Crippen LogP contribution in [0.2, 0.25) is 5.02 Å². The summed E-state index contributed by atoms with van der Waals surface area (Å²) in [6.45, 7) is 3.51. The first-order chi connectivity index (χ1) is 8.59. The monoisotopic (exact) mass is 270 g/mol. The molecule has 0 aliphatic heterocycles. The molecule has 18 heavy (non-hydrogen) atoms. The molecule has 0 saturated heterocycles. The molecule has 0 radical (unpaired) electrons. The van der Waals surface area contributed by atoms with Gasteiger partial charge in [0.1, 0.15) is 5.82 Å². The van der Waals surface area contributed by atoms with Crippen LogP contribution in [0.4, 0.5) is 4.39 Å². The molecule has 1 aliphatic carbocycles. The first-order valence-corrected chi connectivity index (χ1v) is 6.83. The molecule has 1 N–H and O–H groups in total. The van der Waals surface area contributed by atoms with Crippen molar-refractivity contribution in [1.82, 2.24) is 10.2 Å². The van der Waals surface area contributed by atoms with Gasteiger partial charge in [0.2, 0.25) is 0 Å². The van der Waals surface area contributed by atoms with E-state index in [2.05, 4.69) is 24.2 Å². The molecule has 0 heterocycles. The third-order valence-corrected chi connectivity index (χ3v) is 3.98. The lowest BCUT2D eigenvalue weighted by atomic mass is 10.2. The van der Waals surface area contributed by atoms with Gasteiger partial charge in [0.25, 0.3) is 0 Å². The fraction of sp³-hybridized carbons (Fsp3) is 0.571. The van der Waals surface area contributed by atoms with E-state index in [0.29, 0.717) is 23.2 Å². The van der Waals surface area contributed by atoms with Gasteiger partial charge in [0, 0.05) is 35.8 Å². The highest BCUT2D eigenvalue weighted by atomic mass is 35.5. The SMILES string of the molecule is CC(CNCc1c(F)cccc1Cl)N(C)C1CC1. The quantitative estimate of drug-likeness (QED) is 0.855. The van der Waals surface area contributed by atoms with Gasteiger partial charge in [-0.1, -0.05) is 17.7 Å². The number of hydrogen-bond acceptors (Lipinski definition) is 2. The Labute approximate surface area is 113 Å². The number of benzene rings is 1. The zero-order chi connectivity index (χ0) is 13.1. The van der Waals surface area contributed by atoms with Crippen molar-refractivity contribution in [3.05, 3.63) is 34.6 Å². The average molecular weight is 271 g/mol. The van der Waals surface area contributed by atoms with Gasteiger partial charge in [-0.15, -0.1) is 0 Å². The highest BCUT2D eigenvalue weighted by Gasteiger charge is 2.28. The molecule has 4 heteroatoms. The van der Waals surface area contributed by atoms with Crippen LogP contribution in [0.25, 0.3) is 0 Å². The standard InChI is InChI=1S/C14H20ClFN2/c1-10(18(2)11-6-7-11)8-17-9-12-13(15)4-3-5-14(12)16/h3-5,10-11,17H,6-9H2,1-2H3. The summed E-state index contributed by atoms with van der Waals surface area (Å²) in [6.07, 6.45) is 2.61. The Morgan fingerprint density at radius 3 is 2.83 bits per heavy atom. The van der Waals surface area contributed by atoms with Gasteiger partial charge in [0.15, 0.2) is 0 Å². The lowest BCUT2D eigenvalue weighted by molar-refractivity contribution is 0.241. The molecule has 2 nitrogen and oxygen atoms in total. The van der Waals surface area contributed by atoms with Crippen molar-refractivity contribution in [1.29, 1.82) is 0 Å². The Morgan fingerprint density at radius 1 is 1.50 bits per heavy atom. The maximum atomic E-state index is 13.5. The van der Waals surface area contributed by atoms with Crippen molar-refractivity contribution in [3.63, 3.8) is 0 Å². The maximum absolute atomic E-state index is 13.5. The van der Waals surface area contributed by atoms with Crippen LogP contribution in [0.15, 0.2) is 18.2 Å². The number of halogens is 2. The fourth-order valence-corrected chi connectivity index (χ4v) is 2.32. The summed E-state index contributed by atoms with van der Waals surface area (Å²) in [6, 6.07) is 6.01. The van der Waals surface area contributed by atoms with E-state index in [9.17, 15) is 4.39 Å². The second kappa shape index (κ2) is 6.00. The van der Waals surface area contributed by atoms with Gasteiger partial charge in [0.05, 0.1) is 0 Å². The van der Waals surface area contributed by atoms with Gasteiger partial charge in [-0.05, 0) is 38.9 Å². The number of nitrogens with zero attached hydrogens (tertiary/aromatic N) is 1. The molecule has 1 aromatic rings. The van der Waals surface area contributed by atoms with Crippen LogP contribution < -0.4 is 5.32 Å². The van der Waals surface area contributed by atoms with E-state index in [1.807, 2.05) is 0 Å². The summed E-state index contributed by atoms with van der Waals surface area (Å²) in [5, 5.41) is 3.77. The molecule has 0 spiro atoms. The zero-order valence-corrected chi connectivity index (χ0v) is 11.7. The van der Waals surface area contributed by atoms with Crippen LogP contribution in [0.3, 0.4) is 0 Å². The minimum Gasteiger partial charge on any atom is -0.311 e. The summed E-state index contributed by atoms with van der Waals surface area (Å²) in [7, 11) is 2.15. The zero-order valence-electron chi connectivity index (χ0n) is 10.9. The van der Waals surface area contributed by atoms with Gasteiger partial charge >= 0.3 is 0 Å². The first kappa shape index (κ1) is 13.8. The van der Waals surface area contributed by atoms with Gasteiger partial charge in [-0.2, -0.15) is 0 Å². The summed E-state index contributed by atoms with van der Waals surface area (Å²) >= 11 is 5.98. The number of likely N-dealkylation sites (N-methyl/N-ethyl adjacent to an activating group) is 1. The van der Waals surface area contributed by atoms with Crippen LogP contribution in [0.1, 0.15) is 25.3 Å². The Morgan fingerprint density at radius 2 is 2.22 bits per heavy atom. The van der Waals surface area contributed by atoms with Gasteiger partial charge in [-0.3, -0.25) is 4.90 Å². The Bertz CT molecular complexity index is 387. The highest BCUT2D eigenvalue weighted by Crippen LogP contribution is 2.26. The Balaban J connectivity index is 1.81. The summed E-state index contributed by atoms with van der Waals surface area (Å²) in [5.41, 5.74) is 0.556. The molecule has 0 bridgehead atoms. The normalized spacial score (nSPS) is 17.2. The third-order valence-electron chi connectivity index (χ3n) is 3.62. The minimum atomic E-state index is -0.238. The molecular weight excluding hydrogens is 251 g/mol. The van der Waals surface area contributed by atoms with E-state index in [0.717, 1.165) is 12.6 Å². The summed E-state index contributed by atoms with van der Waals surface area (Å²) in [5.74, 6) is -0.238. The van der Waals surface area contributed by atoms with Crippen LogP contribution in [-0.2, 0) is 6.54 Å². The molecule has 100 valence electrons. The second-order valence-corrected chi connectivity index (χ2v) is 5.48. The third kappa shape index (κ3) is 3.44. The van der Waals surface area contributed by atoms with E-state index < -0.39 is 0 Å². The van der Waals surface area contributed by atoms with Crippen molar-refractivity contribution in [3.8, 4) is 0 Å². The molecule has 1 saturated carbocycles. The molecule has 1 fully saturated rings. The molecule has 1 aromatic carbocycles. The van der Waals surface area contributed by atoms with Crippen molar-refractivity contribution >= 4 is 11.6 Å². The fourth-order valence-electron chi connectivity index (χ4n) is 2.09. The van der Waals surface area contributed by atoms with E-state index in [-0.39, 0.29) is 5.82 Å². The number of rotatable bonds is 6. The average Bonchev–Trinajstić information content (AvgIpc) is 3.16. The maximum Gasteiger partial charge on any atom is 0.129 e. The Hall–Kier alpha value is -0.640. The van der Waals surface area contributed by atoms with Crippen molar-refractivity contribution < 1.29 is 4.39 Å². The lowest BCUT2D eigenvalue weighted by Gasteiger charge is -2.24. The van der Waals surface area contributed by atoms with E-state index in [1.165, 1.54) is 18.9 Å². The van der Waals surface area contributed by atoms with E-state index in [4.69, 9.17) is 11.6 Å². The molecule has 1 unspecified atom stereocenters. The molecule has 0 aromatic heterocycles. The van der Waals surface area contributed by atoms with E-state index >= 15 is 0 Å². The molecule has 2 rings (SSSR count). The van der Waals surface area contributed by atoms with Gasteiger partial charge in [-0.25, -0.2) is 4.39 Å². The summed E-state index contributed by atoms with van der Waals surface area (Å²) < 4.78 is 13.5. The predicted molar refractivity (Wildman–Crippen MR) is 73.4 cm³/mol. The van der Waals surface area contributed by atoms with E-state index in [1.54, 1.807) is 12.1 Å². The molecule has 1 aliphatic rings. The van der Waals surface area contributed by atoms with Crippen LogP contribution in [0, 0.1) is 5.82 Å². The van der Waals surface area contributed by atoms with Gasteiger partial charge < -0.3 is 5.32 Å². The number of nitrogens with one attached hydrogen (secondary N) is 1. The topological polar surface area (TPSA) is 15.3 Å². The lowest BCUT2D eigenvalue weighted by Crippen LogP contribution is -2.39. The first-order valence-electron chi connectivity index (χ1n) is 6.45. The number of hydrogen-bond donors (Lipinski definition) is 1. The van der Waals surface area contributed by atoms with Crippen molar-refractivity contribution in [2.24, 2.45) is 0 Å². The van der Waals surface area contributed by atoms with Crippen molar-refractivity contribution in [2.45, 2.75) is 38.4 Å². The molecular formula is C14H20ClFN2. The smallest absolute Gasteiger partial charge is 0.129 e. The largest absolute Gasteiger partial charge is 0.311 e. The van der Waals surface area contributed by atoms with Crippen LogP contribution in [-0.4, -0.2) is 30.6 Å². The Kier molecular flexibility index (Phi) is 4.60. The second-order valence-electron chi connectivity index (χ2n) is 5.08.